The molecule has 0 atom stereocenters. The first kappa shape index (κ1) is 21.8. The number of hydrogen-bond acceptors (Lipinski definition) is 9. The highest BCUT2D eigenvalue weighted by Crippen LogP contribution is 2.20. The highest BCUT2D eigenvalue weighted by molar-refractivity contribution is 5.93. The lowest BCUT2D eigenvalue weighted by atomic mass is 10.2. The zero-order chi connectivity index (χ0) is 23.0. The summed E-state index contributed by atoms with van der Waals surface area (Å²) in [6.07, 6.45) is 3.31. The van der Waals surface area contributed by atoms with Gasteiger partial charge in [0.25, 0.3) is 5.91 Å². The number of pyridine rings is 1. The maximum atomic E-state index is 12.3. The second-order valence-electron chi connectivity index (χ2n) is 7.07. The fourth-order valence-electron chi connectivity index (χ4n) is 3.00. The molecule has 1 aromatic carbocycles. The highest BCUT2D eigenvalue weighted by atomic mass is 16.5. The molecule has 4 aromatic rings. The highest BCUT2D eigenvalue weighted by Gasteiger charge is 2.13. The van der Waals surface area contributed by atoms with E-state index in [1.54, 1.807) is 31.6 Å². The second kappa shape index (κ2) is 10.2. The van der Waals surface area contributed by atoms with Crippen molar-refractivity contribution < 1.29 is 14.1 Å². The number of hydrogen-bond donors (Lipinski definition) is 3. The van der Waals surface area contributed by atoms with Crippen LogP contribution in [0, 0.1) is 6.92 Å². The Morgan fingerprint density at radius 2 is 1.94 bits per heavy atom. The number of ether oxygens (including phenoxy) is 1. The van der Waals surface area contributed by atoms with Gasteiger partial charge in [-0.2, -0.15) is 4.98 Å². The number of nitrogens with zero attached hydrogens (tertiary/aromatic N) is 4. The second-order valence-corrected chi connectivity index (χ2v) is 7.07. The Labute approximate surface area is 190 Å². The van der Waals surface area contributed by atoms with Crippen LogP contribution < -0.4 is 20.7 Å². The van der Waals surface area contributed by atoms with E-state index in [1.807, 2.05) is 43.3 Å². The van der Waals surface area contributed by atoms with E-state index in [0.29, 0.717) is 30.6 Å². The van der Waals surface area contributed by atoms with Crippen molar-refractivity contribution in [3.05, 3.63) is 72.3 Å². The molecule has 0 saturated carbocycles. The van der Waals surface area contributed by atoms with Gasteiger partial charge in [0.2, 0.25) is 5.95 Å². The van der Waals surface area contributed by atoms with Gasteiger partial charge in [0.1, 0.15) is 11.6 Å². The van der Waals surface area contributed by atoms with Gasteiger partial charge in [-0.05, 0) is 43.3 Å². The summed E-state index contributed by atoms with van der Waals surface area (Å²) >= 11 is 0. The minimum Gasteiger partial charge on any atom is -0.497 e. The Morgan fingerprint density at radius 3 is 2.70 bits per heavy atom. The molecule has 0 aliphatic rings. The Balaban J connectivity index is 1.28. The van der Waals surface area contributed by atoms with Crippen molar-refractivity contribution in [2.75, 3.05) is 30.8 Å². The molecule has 168 valence electrons. The molecule has 10 nitrogen and oxygen atoms in total. The summed E-state index contributed by atoms with van der Waals surface area (Å²) in [6.45, 7) is 2.68. The van der Waals surface area contributed by atoms with E-state index in [9.17, 15) is 4.79 Å². The fourth-order valence-corrected chi connectivity index (χ4v) is 3.00. The number of anilines is 3. The van der Waals surface area contributed by atoms with Crippen LogP contribution in [-0.4, -0.2) is 46.2 Å². The Kier molecular flexibility index (Phi) is 6.74. The molecule has 3 aromatic heterocycles. The summed E-state index contributed by atoms with van der Waals surface area (Å²) in [5, 5.41) is 13.0. The maximum Gasteiger partial charge on any atom is 0.273 e. The van der Waals surface area contributed by atoms with Gasteiger partial charge in [0, 0.05) is 54.6 Å². The summed E-state index contributed by atoms with van der Waals surface area (Å²) in [4.78, 5) is 25.2. The molecule has 0 radical (unpaired) electrons. The normalized spacial score (nSPS) is 10.5. The predicted molar refractivity (Wildman–Crippen MR) is 124 cm³/mol. The van der Waals surface area contributed by atoms with E-state index in [-0.39, 0.29) is 11.6 Å². The molecule has 1 amide bonds. The van der Waals surface area contributed by atoms with Crippen molar-refractivity contribution in [1.29, 1.82) is 0 Å². The molecule has 10 heteroatoms. The van der Waals surface area contributed by atoms with Crippen LogP contribution >= 0.6 is 0 Å². The summed E-state index contributed by atoms with van der Waals surface area (Å²) in [5.41, 5.74) is 2.64. The van der Waals surface area contributed by atoms with Gasteiger partial charge < -0.3 is 25.2 Å². The van der Waals surface area contributed by atoms with E-state index in [2.05, 4.69) is 36.1 Å². The van der Waals surface area contributed by atoms with E-state index >= 15 is 0 Å². The van der Waals surface area contributed by atoms with Crippen molar-refractivity contribution in [2.45, 2.75) is 6.92 Å². The molecule has 0 unspecified atom stereocenters. The van der Waals surface area contributed by atoms with Crippen LogP contribution in [0.2, 0.25) is 0 Å². The lowest BCUT2D eigenvalue weighted by molar-refractivity contribution is 0.0946. The molecule has 0 bridgehead atoms. The Bertz CT molecular complexity index is 1210. The van der Waals surface area contributed by atoms with Crippen molar-refractivity contribution in [2.24, 2.45) is 0 Å². The third kappa shape index (κ3) is 5.82. The van der Waals surface area contributed by atoms with Gasteiger partial charge in [0.05, 0.1) is 7.11 Å². The van der Waals surface area contributed by atoms with Gasteiger partial charge in [-0.15, -0.1) is 0 Å². The largest absolute Gasteiger partial charge is 0.497 e. The Hall–Kier alpha value is -4.47. The molecule has 3 heterocycles. The smallest absolute Gasteiger partial charge is 0.273 e. The zero-order valence-electron chi connectivity index (χ0n) is 18.2. The molecule has 0 aliphatic heterocycles. The number of nitrogens with one attached hydrogen (secondary N) is 3. The monoisotopic (exact) mass is 445 g/mol. The molecule has 33 heavy (non-hydrogen) atoms. The standard InChI is InChI=1S/C23H23N7O3/c1-15-12-21(28-17-5-7-18(32-2)8-6-17)29-23(27-15)26-11-10-25-22(31)19-13-20(33-30-19)16-4-3-9-24-14-16/h3-9,12-14H,10-11H2,1-2H3,(H,25,31)(H2,26,27,28,29). The lowest BCUT2D eigenvalue weighted by Crippen LogP contribution is -2.29. The molecule has 3 N–H and O–H groups in total. The van der Waals surface area contributed by atoms with Crippen LogP contribution in [0.3, 0.4) is 0 Å². The molecular weight excluding hydrogens is 422 g/mol. The van der Waals surface area contributed by atoms with Gasteiger partial charge in [-0.1, -0.05) is 5.16 Å². The summed E-state index contributed by atoms with van der Waals surface area (Å²) in [6, 6.07) is 14.6. The van der Waals surface area contributed by atoms with Crippen LogP contribution in [0.4, 0.5) is 17.5 Å². The minimum absolute atomic E-state index is 0.201. The average Bonchev–Trinajstić information content (AvgIpc) is 3.33. The number of aryl methyl sites for hydroxylation is 1. The summed E-state index contributed by atoms with van der Waals surface area (Å²) in [5.74, 6) is 2.05. The van der Waals surface area contributed by atoms with Crippen molar-refractivity contribution in [1.82, 2.24) is 25.4 Å². The third-order valence-electron chi connectivity index (χ3n) is 4.60. The molecule has 4 rings (SSSR count). The number of amides is 1. The SMILES string of the molecule is COc1ccc(Nc2cc(C)nc(NCCNC(=O)c3cc(-c4cccnc4)on3)n2)cc1. The first-order chi connectivity index (χ1) is 16.1. The van der Waals surface area contributed by atoms with Crippen LogP contribution in [0.5, 0.6) is 5.75 Å². The summed E-state index contributed by atoms with van der Waals surface area (Å²) in [7, 11) is 1.63. The molecule has 0 spiro atoms. The number of rotatable bonds is 9. The first-order valence-electron chi connectivity index (χ1n) is 10.3. The Morgan fingerprint density at radius 1 is 1.09 bits per heavy atom. The van der Waals surface area contributed by atoms with Crippen molar-refractivity contribution >= 4 is 23.4 Å². The first-order valence-corrected chi connectivity index (χ1v) is 10.3. The summed E-state index contributed by atoms with van der Waals surface area (Å²) < 4.78 is 10.4. The number of benzene rings is 1. The molecule has 0 aliphatic carbocycles. The van der Waals surface area contributed by atoms with E-state index in [1.165, 1.54) is 0 Å². The molecule has 0 saturated heterocycles. The number of carbonyl (C=O) groups excluding carboxylic acids is 1. The fraction of sp³-hybridized carbons (Fsp3) is 0.174. The van der Waals surface area contributed by atoms with Crippen LogP contribution in [-0.2, 0) is 0 Å². The number of carbonyl (C=O) groups is 1. The van der Waals surface area contributed by atoms with E-state index in [0.717, 1.165) is 22.7 Å². The van der Waals surface area contributed by atoms with Crippen LogP contribution in [0.15, 0.2) is 65.4 Å². The predicted octanol–water partition coefficient (Wildman–Crippen LogP) is 3.43. The van der Waals surface area contributed by atoms with Crippen molar-refractivity contribution in [3.63, 3.8) is 0 Å². The van der Waals surface area contributed by atoms with Crippen molar-refractivity contribution in [3.8, 4) is 17.1 Å². The van der Waals surface area contributed by atoms with Crippen LogP contribution in [0.1, 0.15) is 16.2 Å². The van der Waals surface area contributed by atoms with Crippen LogP contribution in [0.25, 0.3) is 11.3 Å². The van der Waals surface area contributed by atoms with Gasteiger partial charge in [0.15, 0.2) is 11.5 Å². The quantitative estimate of drug-likeness (QED) is 0.332. The van der Waals surface area contributed by atoms with E-state index in [4.69, 9.17) is 9.26 Å². The number of aromatic nitrogens is 4. The van der Waals surface area contributed by atoms with E-state index < -0.39 is 0 Å². The molecule has 0 fully saturated rings. The maximum absolute atomic E-state index is 12.3. The van der Waals surface area contributed by atoms with Gasteiger partial charge in [-0.3, -0.25) is 9.78 Å². The van der Waals surface area contributed by atoms with Gasteiger partial charge in [-0.25, -0.2) is 4.98 Å². The number of methoxy groups -OCH3 is 1. The lowest BCUT2D eigenvalue weighted by Gasteiger charge is -2.10. The minimum atomic E-state index is -0.331. The average molecular weight is 445 g/mol. The van der Waals surface area contributed by atoms with Gasteiger partial charge >= 0.3 is 0 Å². The third-order valence-corrected chi connectivity index (χ3v) is 4.60. The zero-order valence-corrected chi connectivity index (χ0v) is 18.2. The topological polar surface area (TPSA) is 127 Å². The molecular formula is C23H23N7O3.